The fourth-order valence-electron chi connectivity index (χ4n) is 2.87. The molecule has 0 aromatic rings. The van der Waals surface area contributed by atoms with Gasteiger partial charge in [-0.2, -0.15) is 0 Å². The molecule has 0 bridgehead atoms. The summed E-state index contributed by atoms with van der Waals surface area (Å²) in [6, 6.07) is 0.151. The molecule has 0 unspecified atom stereocenters. The second-order valence-electron chi connectivity index (χ2n) is 7.54. The summed E-state index contributed by atoms with van der Waals surface area (Å²) in [6.07, 6.45) is 8.48. The van der Waals surface area contributed by atoms with Crippen LogP contribution in [0.2, 0.25) is 0 Å². The molecule has 1 amide bonds. The highest BCUT2D eigenvalue weighted by atomic mass is 16.2. The van der Waals surface area contributed by atoms with Crippen LogP contribution in [-0.4, -0.2) is 67.5 Å². The van der Waals surface area contributed by atoms with Crippen molar-refractivity contribution in [2.45, 2.75) is 51.1 Å². The van der Waals surface area contributed by atoms with E-state index in [1.807, 2.05) is 19.9 Å². The second-order valence-corrected chi connectivity index (χ2v) is 7.54. The lowest BCUT2D eigenvalue weighted by molar-refractivity contribution is -0.115. The first-order chi connectivity index (χ1) is 13.2. The molecule has 0 saturated carbocycles. The molecule has 0 aromatic carbocycles. The third-order valence-electron chi connectivity index (χ3n) is 5.12. The standard InChI is InChI=1S/C20H37N7O/c1-5-20(2,10-6-15(22)7-11-21)25-14-17(23)18(24-3)19(28)26-16-8-12-27(4)13-9-16/h6,10,14,16,22,25H,5,7-9,11-13,21,23H2,1-4H3,(H,26,28)/b10-6-,17-14?,22-15?,24-18?/t20-/m0/s1. The number of amides is 1. The van der Waals surface area contributed by atoms with Crippen molar-refractivity contribution in [1.82, 2.24) is 15.5 Å². The number of hydrogen-bond donors (Lipinski definition) is 5. The molecule has 0 spiro atoms. The topological polar surface area (TPSA) is 133 Å². The number of nitrogens with one attached hydrogen (secondary N) is 3. The summed E-state index contributed by atoms with van der Waals surface area (Å²) in [7, 11) is 3.65. The molecule has 8 heteroatoms. The maximum atomic E-state index is 12.6. The van der Waals surface area contributed by atoms with Gasteiger partial charge in [0.15, 0.2) is 0 Å². The van der Waals surface area contributed by atoms with Gasteiger partial charge < -0.3 is 32.4 Å². The van der Waals surface area contributed by atoms with Crippen LogP contribution >= 0.6 is 0 Å². The molecule has 1 rings (SSSR count). The highest BCUT2D eigenvalue weighted by Crippen LogP contribution is 2.12. The number of piperidine rings is 1. The number of rotatable bonds is 10. The normalized spacial score (nSPS) is 19.5. The van der Waals surface area contributed by atoms with Crippen LogP contribution in [0.15, 0.2) is 29.0 Å². The number of carbonyl (C=O) groups is 1. The molecule has 0 radical (unpaired) electrons. The van der Waals surface area contributed by atoms with E-state index in [2.05, 4.69) is 27.6 Å². The van der Waals surface area contributed by atoms with E-state index in [-0.39, 0.29) is 23.4 Å². The summed E-state index contributed by atoms with van der Waals surface area (Å²) in [5.74, 6) is -0.244. The van der Waals surface area contributed by atoms with Crippen molar-refractivity contribution in [3.05, 3.63) is 24.0 Å². The Morgan fingerprint density at radius 2 is 2.04 bits per heavy atom. The summed E-state index contributed by atoms with van der Waals surface area (Å²) < 4.78 is 0. The van der Waals surface area contributed by atoms with Crippen LogP contribution < -0.4 is 22.1 Å². The summed E-state index contributed by atoms with van der Waals surface area (Å²) in [5.41, 5.74) is 12.2. The molecule has 1 fully saturated rings. The minimum absolute atomic E-state index is 0.151. The Balaban J connectivity index is 2.73. The first-order valence-electron chi connectivity index (χ1n) is 9.91. The second kappa shape index (κ2) is 11.6. The lowest BCUT2D eigenvalue weighted by Crippen LogP contribution is -2.46. The molecule has 1 aliphatic heterocycles. The van der Waals surface area contributed by atoms with E-state index >= 15 is 0 Å². The van der Waals surface area contributed by atoms with E-state index in [1.54, 1.807) is 19.3 Å². The fourth-order valence-corrected chi connectivity index (χ4v) is 2.87. The van der Waals surface area contributed by atoms with Gasteiger partial charge in [0.05, 0.1) is 11.2 Å². The van der Waals surface area contributed by atoms with Crippen LogP contribution in [0.1, 0.15) is 39.5 Å². The molecule has 0 aromatic heterocycles. The van der Waals surface area contributed by atoms with E-state index in [1.165, 1.54) is 0 Å². The first kappa shape index (κ1) is 23.8. The van der Waals surface area contributed by atoms with Crippen LogP contribution in [-0.2, 0) is 4.79 Å². The van der Waals surface area contributed by atoms with Gasteiger partial charge >= 0.3 is 0 Å². The Morgan fingerprint density at radius 1 is 1.39 bits per heavy atom. The van der Waals surface area contributed by atoms with E-state index in [0.717, 1.165) is 32.4 Å². The molecular weight excluding hydrogens is 354 g/mol. The predicted octanol–water partition coefficient (Wildman–Crippen LogP) is 0.751. The largest absolute Gasteiger partial charge is 0.396 e. The summed E-state index contributed by atoms with van der Waals surface area (Å²) in [5, 5.41) is 14.1. The number of nitrogens with two attached hydrogens (primary N) is 2. The smallest absolute Gasteiger partial charge is 0.271 e. The minimum atomic E-state index is -0.394. The van der Waals surface area contributed by atoms with Gasteiger partial charge in [0.2, 0.25) is 0 Å². The minimum Gasteiger partial charge on any atom is -0.396 e. The lowest BCUT2D eigenvalue weighted by Gasteiger charge is -2.29. The molecular formula is C20H37N7O. The van der Waals surface area contributed by atoms with Crippen molar-refractivity contribution in [2.75, 3.05) is 33.7 Å². The molecule has 158 valence electrons. The average molecular weight is 392 g/mol. The van der Waals surface area contributed by atoms with Gasteiger partial charge in [0.1, 0.15) is 5.71 Å². The van der Waals surface area contributed by atoms with Crippen LogP contribution in [0.25, 0.3) is 0 Å². The average Bonchev–Trinajstić information content (AvgIpc) is 2.67. The van der Waals surface area contributed by atoms with E-state index in [4.69, 9.17) is 16.9 Å². The number of nitrogens with zero attached hydrogens (tertiary/aromatic N) is 2. The van der Waals surface area contributed by atoms with E-state index in [0.29, 0.717) is 18.7 Å². The van der Waals surface area contributed by atoms with Crippen LogP contribution in [0, 0.1) is 5.41 Å². The van der Waals surface area contributed by atoms with Crippen molar-refractivity contribution in [3.8, 4) is 0 Å². The van der Waals surface area contributed by atoms with Gasteiger partial charge in [-0.15, -0.1) is 0 Å². The first-order valence-corrected chi connectivity index (χ1v) is 9.91. The van der Waals surface area contributed by atoms with Gasteiger partial charge in [-0.3, -0.25) is 9.79 Å². The number of hydrogen-bond acceptors (Lipinski definition) is 7. The Labute approximate surface area is 169 Å². The van der Waals surface area contributed by atoms with Gasteiger partial charge in [-0.1, -0.05) is 13.0 Å². The van der Waals surface area contributed by atoms with Crippen molar-refractivity contribution in [2.24, 2.45) is 16.5 Å². The third kappa shape index (κ3) is 7.82. The quantitative estimate of drug-likeness (QED) is 0.351. The van der Waals surface area contributed by atoms with E-state index < -0.39 is 5.54 Å². The third-order valence-corrected chi connectivity index (χ3v) is 5.12. The molecule has 8 nitrogen and oxygen atoms in total. The van der Waals surface area contributed by atoms with E-state index in [9.17, 15) is 4.79 Å². The zero-order chi connectivity index (χ0) is 21.2. The Hall–Kier alpha value is -2.19. The Morgan fingerprint density at radius 3 is 2.57 bits per heavy atom. The zero-order valence-corrected chi connectivity index (χ0v) is 17.7. The Bertz CT molecular complexity index is 618. The maximum Gasteiger partial charge on any atom is 0.271 e. The number of allylic oxidation sites excluding steroid dienone is 1. The highest BCUT2D eigenvalue weighted by molar-refractivity contribution is 6.45. The van der Waals surface area contributed by atoms with Gasteiger partial charge in [-0.25, -0.2) is 0 Å². The molecule has 28 heavy (non-hydrogen) atoms. The molecule has 1 saturated heterocycles. The highest BCUT2D eigenvalue weighted by Gasteiger charge is 2.22. The SMILES string of the molecule is CC[C@@](C)(/C=C\C(=N)CCN)NC=C(N)C(=NC)C(=O)NC1CCN(C)CC1. The van der Waals surface area contributed by atoms with Gasteiger partial charge in [0.25, 0.3) is 5.91 Å². The number of carbonyl (C=O) groups excluding carboxylic acids is 1. The molecule has 1 atom stereocenters. The van der Waals surface area contributed by atoms with Gasteiger partial charge in [0, 0.05) is 31.4 Å². The maximum absolute atomic E-state index is 12.6. The van der Waals surface area contributed by atoms with Crippen molar-refractivity contribution in [3.63, 3.8) is 0 Å². The predicted molar refractivity (Wildman–Crippen MR) is 117 cm³/mol. The molecule has 1 heterocycles. The zero-order valence-electron chi connectivity index (χ0n) is 17.7. The Kier molecular flexibility index (Phi) is 9.89. The molecule has 7 N–H and O–H groups in total. The van der Waals surface area contributed by atoms with Crippen molar-refractivity contribution >= 4 is 17.3 Å². The van der Waals surface area contributed by atoms with Crippen molar-refractivity contribution in [1.29, 1.82) is 5.41 Å². The van der Waals surface area contributed by atoms with Crippen LogP contribution in [0.5, 0.6) is 0 Å². The lowest BCUT2D eigenvalue weighted by atomic mass is 9.97. The monoisotopic (exact) mass is 391 g/mol. The summed E-state index contributed by atoms with van der Waals surface area (Å²) in [6.45, 7) is 6.43. The van der Waals surface area contributed by atoms with Crippen molar-refractivity contribution < 1.29 is 4.79 Å². The number of aliphatic imine (C=N–C) groups is 1. The molecule has 1 aliphatic rings. The summed E-state index contributed by atoms with van der Waals surface area (Å²) in [4.78, 5) is 18.9. The molecule has 0 aliphatic carbocycles. The van der Waals surface area contributed by atoms with Crippen LogP contribution in [0.3, 0.4) is 0 Å². The number of likely N-dealkylation sites (tertiary alicyclic amines) is 1. The summed E-state index contributed by atoms with van der Waals surface area (Å²) >= 11 is 0. The fraction of sp³-hybridized carbons (Fsp3) is 0.650. The van der Waals surface area contributed by atoms with Gasteiger partial charge in [-0.05, 0) is 58.9 Å². The van der Waals surface area contributed by atoms with Crippen LogP contribution in [0.4, 0.5) is 0 Å².